The molecule has 0 saturated carbocycles. The molecule has 1 rings (SSSR count). The van der Waals surface area contributed by atoms with E-state index in [1.165, 1.54) is 12.1 Å². The molecule has 0 amide bonds. The molecule has 0 saturated heterocycles. The Hall–Kier alpha value is -1.69. The van der Waals surface area contributed by atoms with E-state index in [2.05, 4.69) is 4.98 Å². The third kappa shape index (κ3) is 2.41. The van der Waals surface area contributed by atoms with Gasteiger partial charge in [-0.25, -0.2) is 4.98 Å². The second-order valence-corrected chi connectivity index (χ2v) is 3.43. The average molecular weight is 211 g/mol. The lowest BCUT2D eigenvalue weighted by Crippen LogP contribution is -2.13. The van der Waals surface area contributed by atoms with Crippen LogP contribution in [-0.2, 0) is 0 Å². The van der Waals surface area contributed by atoms with Crippen molar-refractivity contribution >= 4 is 11.5 Å². The van der Waals surface area contributed by atoms with E-state index in [1.807, 2.05) is 0 Å². The number of nitrogen functional groups attached to an aromatic ring is 1. The highest BCUT2D eigenvalue weighted by Crippen LogP contribution is 2.23. The SMILES string of the molecule is CC(O)C(C)c1ccc([N+](=O)[O-])c(N)n1. The summed E-state index contributed by atoms with van der Waals surface area (Å²) in [6.07, 6.45) is -0.571. The first-order valence-corrected chi connectivity index (χ1v) is 4.52. The molecule has 0 fully saturated rings. The molecule has 1 aromatic heterocycles. The van der Waals surface area contributed by atoms with Gasteiger partial charge in [-0.05, 0) is 13.0 Å². The van der Waals surface area contributed by atoms with Crippen molar-refractivity contribution in [2.75, 3.05) is 5.73 Å². The Labute approximate surface area is 86.9 Å². The first-order chi connectivity index (χ1) is 6.93. The van der Waals surface area contributed by atoms with E-state index in [0.29, 0.717) is 5.69 Å². The van der Waals surface area contributed by atoms with E-state index < -0.39 is 11.0 Å². The number of aromatic nitrogens is 1. The molecule has 0 aliphatic heterocycles. The molecular formula is C9H13N3O3. The highest BCUT2D eigenvalue weighted by Gasteiger charge is 2.18. The number of nitro groups is 1. The third-order valence-corrected chi connectivity index (χ3v) is 2.31. The minimum atomic E-state index is -0.584. The Kier molecular flexibility index (Phi) is 3.21. The largest absolute Gasteiger partial charge is 0.393 e. The number of nitrogens with zero attached hydrogens (tertiary/aromatic N) is 2. The van der Waals surface area contributed by atoms with Crippen LogP contribution < -0.4 is 5.73 Å². The van der Waals surface area contributed by atoms with Crippen molar-refractivity contribution in [1.29, 1.82) is 0 Å². The van der Waals surface area contributed by atoms with E-state index in [4.69, 9.17) is 5.73 Å². The minimum Gasteiger partial charge on any atom is -0.393 e. The predicted molar refractivity (Wildman–Crippen MR) is 55.4 cm³/mol. The maximum Gasteiger partial charge on any atom is 0.311 e. The number of aliphatic hydroxyl groups is 1. The number of hydrogen-bond donors (Lipinski definition) is 2. The van der Waals surface area contributed by atoms with E-state index in [0.717, 1.165) is 0 Å². The molecule has 0 aliphatic rings. The number of nitrogens with two attached hydrogens (primary N) is 1. The molecule has 6 nitrogen and oxygen atoms in total. The standard InChI is InChI=1S/C9H13N3O3/c1-5(6(2)13)7-3-4-8(12(14)15)9(10)11-7/h3-6,13H,1-2H3,(H2,10,11). The van der Waals surface area contributed by atoms with Crippen molar-refractivity contribution in [3.63, 3.8) is 0 Å². The van der Waals surface area contributed by atoms with Crippen LogP contribution in [0.25, 0.3) is 0 Å². The van der Waals surface area contributed by atoms with Crippen LogP contribution in [0.5, 0.6) is 0 Å². The smallest absolute Gasteiger partial charge is 0.311 e. The zero-order chi connectivity index (χ0) is 11.6. The van der Waals surface area contributed by atoms with Crippen LogP contribution in [0.15, 0.2) is 12.1 Å². The van der Waals surface area contributed by atoms with Gasteiger partial charge in [0.15, 0.2) is 0 Å². The van der Waals surface area contributed by atoms with Gasteiger partial charge >= 0.3 is 5.69 Å². The zero-order valence-corrected chi connectivity index (χ0v) is 8.54. The third-order valence-electron chi connectivity index (χ3n) is 2.31. The molecule has 1 heterocycles. The normalized spacial score (nSPS) is 14.6. The van der Waals surface area contributed by atoms with Crippen molar-refractivity contribution in [3.05, 3.63) is 27.9 Å². The van der Waals surface area contributed by atoms with Gasteiger partial charge in [0.25, 0.3) is 0 Å². The highest BCUT2D eigenvalue weighted by atomic mass is 16.6. The Balaban J connectivity index is 3.06. The zero-order valence-electron chi connectivity index (χ0n) is 8.54. The summed E-state index contributed by atoms with van der Waals surface area (Å²) < 4.78 is 0. The van der Waals surface area contributed by atoms with E-state index >= 15 is 0 Å². The number of rotatable bonds is 3. The Bertz CT molecular complexity index is 379. The van der Waals surface area contributed by atoms with Crippen LogP contribution in [0.1, 0.15) is 25.5 Å². The highest BCUT2D eigenvalue weighted by molar-refractivity contribution is 5.52. The fourth-order valence-electron chi connectivity index (χ4n) is 1.14. The summed E-state index contributed by atoms with van der Waals surface area (Å²) >= 11 is 0. The molecule has 0 bridgehead atoms. The van der Waals surface area contributed by atoms with Crippen molar-refractivity contribution in [2.45, 2.75) is 25.9 Å². The summed E-state index contributed by atoms with van der Waals surface area (Å²) in [5.74, 6) is -0.321. The Morgan fingerprint density at radius 2 is 2.13 bits per heavy atom. The van der Waals surface area contributed by atoms with Crippen molar-refractivity contribution in [1.82, 2.24) is 4.98 Å². The molecule has 0 aromatic carbocycles. The van der Waals surface area contributed by atoms with Gasteiger partial charge in [0.2, 0.25) is 5.82 Å². The summed E-state index contributed by atoms with van der Waals surface area (Å²) in [6.45, 7) is 3.40. The van der Waals surface area contributed by atoms with E-state index in [1.54, 1.807) is 13.8 Å². The summed E-state index contributed by atoms with van der Waals surface area (Å²) in [4.78, 5) is 13.8. The second-order valence-electron chi connectivity index (χ2n) is 3.43. The number of pyridine rings is 1. The van der Waals surface area contributed by atoms with Crippen molar-refractivity contribution < 1.29 is 10.0 Å². The summed E-state index contributed by atoms with van der Waals surface area (Å²) in [6, 6.07) is 2.81. The van der Waals surface area contributed by atoms with E-state index in [-0.39, 0.29) is 17.4 Å². The van der Waals surface area contributed by atoms with Gasteiger partial charge in [-0.15, -0.1) is 0 Å². The van der Waals surface area contributed by atoms with Gasteiger partial charge < -0.3 is 10.8 Å². The van der Waals surface area contributed by atoms with Crippen LogP contribution in [0.3, 0.4) is 0 Å². The van der Waals surface area contributed by atoms with Gasteiger partial charge in [0.05, 0.1) is 11.0 Å². The van der Waals surface area contributed by atoms with Gasteiger partial charge in [0, 0.05) is 17.7 Å². The molecular weight excluding hydrogens is 198 g/mol. The Morgan fingerprint density at radius 1 is 1.53 bits per heavy atom. The molecule has 0 spiro atoms. The van der Waals surface area contributed by atoms with Gasteiger partial charge in [-0.3, -0.25) is 10.1 Å². The topological polar surface area (TPSA) is 102 Å². The minimum absolute atomic E-state index is 0.120. The maximum atomic E-state index is 10.5. The van der Waals surface area contributed by atoms with Gasteiger partial charge in [0.1, 0.15) is 0 Å². The van der Waals surface area contributed by atoms with Gasteiger partial charge in [-0.1, -0.05) is 6.92 Å². The lowest BCUT2D eigenvalue weighted by molar-refractivity contribution is -0.384. The summed E-state index contributed by atoms with van der Waals surface area (Å²) in [5, 5.41) is 19.8. The average Bonchev–Trinajstić information content (AvgIpc) is 2.15. The molecule has 6 heteroatoms. The fourth-order valence-corrected chi connectivity index (χ4v) is 1.14. The second kappa shape index (κ2) is 4.22. The maximum absolute atomic E-state index is 10.5. The molecule has 1 aromatic rings. The molecule has 0 aliphatic carbocycles. The van der Waals surface area contributed by atoms with Crippen LogP contribution in [0, 0.1) is 10.1 Å². The predicted octanol–water partition coefficient (Wildman–Crippen LogP) is 1.06. The van der Waals surface area contributed by atoms with E-state index in [9.17, 15) is 15.2 Å². The van der Waals surface area contributed by atoms with Gasteiger partial charge in [-0.2, -0.15) is 0 Å². The number of anilines is 1. The van der Waals surface area contributed by atoms with Crippen LogP contribution in [0.2, 0.25) is 0 Å². The quantitative estimate of drug-likeness (QED) is 0.574. The molecule has 15 heavy (non-hydrogen) atoms. The molecule has 3 N–H and O–H groups in total. The molecule has 0 radical (unpaired) electrons. The lowest BCUT2D eigenvalue weighted by atomic mass is 10.0. The first-order valence-electron chi connectivity index (χ1n) is 4.52. The van der Waals surface area contributed by atoms with Crippen LogP contribution >= 0.6 is 0 Å². The number of aliphatic hydroxyl groups excluding tert-OH is 1. The lowest BCUT2D eigenvalue weighted by Gasteiger charge is -2.13. The molecule has 82 valence electrons. The fraction of sp³-hybridized carbons (Fsp3) is 0.444. The van der Waals surface area contributed by atoms with Crippen molar-refractivity contribution in [2.24, 2.45) is 0 Å². The first kappa shape index (κ1) is 11.4. The monoisotopic (exact) mass is 211 g/mol. The van der Waals surface area contributed by atoms with Crippen LogP contribution in [-0.4, -0.2) is 21.1 Å². The van der Waals surface area contributed by atoms with Crippen LogP contribution in [0.4, 0.5) is 11.5 Å². The molecule has 2 unspecified atom stereocenters. The number of hydrogen-bond acceptors (Lipinski definition) is 5. The Morgan fingerprint density at radius 3 is 2.53 bits per heavy atom. The van der Waals surface area contributed by atoms with Crippen molar-refractivity contribution in [3.8, 4) is 0 Å². The summed E-state index contributed by atoms with van der Waals surface area (Å²) in [7, 11) is 0. The molecule has 2 atom stereocenters. The summed E-state index contributed by atoms with van der Waals surface area (Å²) in [5.41, 5.74) is 5.76.